The molecule has 4 N–H and O–H groups in total. The number of hydrogen-bond donors (Lipinski definition) is 3. The molecular weight excluding hydrogens is 451 g/mol. The third-order valence-corrected chi connectivity index (χ3v) is 5.63. The third kappa shape index (κ3) is 5.40. The second-order valence-corrected chi connectivity index (χ2v) is 8.05. The number of rotatable bonds is 5. The Morgan fingerprint density at radius 1 is 1.33 bits per heavy atom. The van der Waals surface area contributed by atoms with E-state index in [4.69, 9.17) is 34.3 Å². The van der Waals surface area contributed by atoms with E-state index < -0.39 is 17.5 Å². The molecule has 0 aliphatic rings. The van der Waals surface area contributed by atoms with Gasteiger partial charge in [0.2, 0.25) is 0 Å². The Bertz CT molecular complexity index is 1100. The summed E-state index contributed by atoms with van der Waals surface area (Å²) in [5.41, 5.74) is -0.0710. The number of nitrogens with one attached hydrogen (secondary N) is 2. The Labute approximate surface area is 185 Å². The van der Waals surface area contributed by atoms with E-state index in [1.165, 1.54) is 18.2 Å². The first-order valence-electron chi connectivity index (χ1n) is 8.30. The molecule has 1 aromatic heterocycles. The Kier molecular flexibility index (Phi) is 7.64. The van der Waals surface area contributed by atoms with Crippen molar-refractivity contribution in [2.75, 3.05) is 5.01 Å². The van der Waals surface area contributed by atoms with E-state index in [-0.39, 0.29) is 27.2 Å². The smallest absolute Gasteiger partial charge is 0.272 e. The number of H-pyrrole nitrogens is 1. The van der Waals surface area contributed by atoms with Gasteiger partial charge in [0.05, 0.1) is 20.6 Å². The lowest BCUT2D eigenvalue weighted by molar-refractivity contribution is -0.116. The fourth-order valence-corrected chi connectivity index (χ4v) is 3.68. The van der Waals surface area contributed by atoms with Gasteiger partial charge in [0, 0.05) is 5.56 Å². The molecule has 0 unspecified atom stereocenters. The third-order valence-electron chi connectivity index (χ3n) is 3.75. The SMILES string of the molecule is C=C(C#N)C(=O)NC(=O)N(N)c1cc(Cl)c(Sc2cc(C(C)C)c(=O)[nH]n2)c(Cl)c1. The Morgan fingerprint density at radius 3 is 2.47 bits per heavy atom. The number of hydrazine groups is 1. The summed E-state index contributed by atoms with van der Waals surface area (Å²) in [5, 5.41) is 18.4. The van der Waals surface area contributed by atoms with Crippen molar-refractivity contribution < 1.29 is 9.59 Å². The number of carbonyl (C=O) groups excluding carboxylic acids is 2. The topological polar surface area (TPSA) is 145 Å². The van der Waals surface area contributed by atoms with Crippen LogP contribution in [0.5, 0.6) is 0 Å². The van der Waals surface area contributed by atoms with Crippen molar-refractivity contribution in [3.8, 4) is 6.07 Å². The summed E-state index contributed by atoms with van der Waals surface area (Å²) < 4.78 is 0. The van der Waals surface area contributed by atoms with Crippen LogP contribution in [-0.4, -0.2) is 22.1 Å². The first kappa shape index (κ1) is 23.4. The average Bonchev–Trinajstić information content (AvgIpc) is 2.69. The molecule has 3 amide bonds. The monoisotopic (exact) mass is 466 g/mol. The van der Waals surface area contributed by atoms with Crippen LogP contribution in [-0.2, 0) is 4.79 Å². The maximum absolute atomic E-state index is 12.1. The van der Waals surface area contributed by atoms with Gasteiger partial charge in [0.15, 0.2) is 0 Å². The van der Waals surface area contributed by atoms with Crippen LogP contribution in [0.15, 0.2) is 45.1 Å². The molecule has 0 saturated carbocycles. The van der Waals surface area contributed by atoms with Crippen molar-refractivity contribution in [2.45, 2.75) is 29.7 Å². The van der Waals surface area contributed by atoms with Crippen molar-refractivity contribution >= 4 is 52.6 Å². The summed E-state index contributed by atoms with van der Waals surface area (Å²) in [6, 6.07) is 4.90. The number of hydrogen-bond acceptors (Lipinski definition) is 7. The van der Waals surface area contributed by atoms with Gasteiger partial charge >= 0.3 is 6.03 Å². The summed E-state index contributed by atoms with van der Waals surface area (Å²) in [6.45, 7) is 6.96. The minimum atomic E-state index is -1.01. The van der Waals surface area contributed by atoms with E-state index in [1.807, 2.05) is 19.2 Å². The molecule has 2 rings (SSSR count). The summed E-state index contributed by atoms with van der Waals surface area (Å²) in [4.78, 5) is 35.9. The highest BCUT2D eigenvalue weighted by Gasteiger charge is 2.20. The molecule has 156 valence electrons. The van der Waals surface area contributed by atoms with Gasteiger partial charge in [-0.15, -0.1) is 0 Å². The Hall–Kier alpha value is -2.84. The van der Waals surface area contributed by atoms with Crippen LogP contribution < -0.4 is 21.7 Å². The zero-order valence-corrected chi connectivity index (χ0v) is 18.2. The molecule has 0 aliphatic heterocycles. The molecule has 0 fully saturated rings. The maximum atomic E-state index is 12.1. The number of aromatic nitrogens is 2. The zero-order valence-electron chi connectivity index (χ0n) is 15.8. The number of anilines is 1. The predicted octanol–water partition coefficient (Wildman–Crippen LogP) is 3.35. The largest absolute Gasteiger partial charge is 0.343 e. The molecule has 0 saturated heterocycles. The molecular formula is C18H16Cl2N6O3S. The number of urea groups is 1. The lowest BCUT2D eigenvalue weighted by Crippen LogP contribution is -2.47. The standard InChI is InChI=1S/C18H16Cl2N6O3S/c1-8(2)11-6-14(24-25-17(11)28)30-15-12(19)4-10(5-13(15)20)26(22)18(29)23-16(27)9(3)7-21/h4-6,8H,3,22H2,1-2H3,(H,25,28)(H,23,27,29). The van der Waals surface area contributed by atoms with Crippen LogP contribution >= 0.6 is 35.0 Å². The van der Waals surface area contributed by atoms with Crippen molar-refractivity contribution in [2.24, 2.45) is 5.84 Å². The molecule has 0 aliphatic carbocycles. The van der Waals surface area contributed by atoms with Gasteiger partial charge in [-0.1, -0.05) is 55.4 Å². The molecule has 0 radical (unpaired) electrons. The van der Waals surface area contributed by atoms with Gasteiger partial charge in [0.25, 0.3) is 11.5 Å². The van der Waals surface area contributed by atoms with Gasteiger partial charge in [-0.2, -0.15) is 10.4 Å². The zero-order chi connectivity index (χ0) is 22.6. The Balaban J connectivity index is 2.27. The predicted molar refractivity (Wildman–Crippen MR) is 114 cm³/mol. The van der Waals surface area contributed by atoms with Crippen LogP contribution in [0, 0.1) is 11.3 Å². The van der Waals surface area contributed by atoms with Gasteiger partial charge in [-0.25, -0.2) is 20.7 Å². The van der Waals surface area contributed by atoms with E-state index in [1.54, 1.807) is 6.07 Å². The van der Waals surface area contributed by atoms with Gasteiger partial charge in [-0.3, -0.25) is 14.9 Å². The number of benzene rings is 1. The number of nitriles is 1. The molecule has 0 bridgehead atoms. The number of halogens is 2. The molecule has 12 heteroatoms. The second kappa shape index (κ2) is 9.77. The fourth-order valence-electron chi connectivity index (χ4n) is 2.17. The summed E-state index contributed by atoms with van der Waals surface area (Å²) in [5.74, 6) is 4.73. The minimum absolute atomic E-state index is 0.00597. The molecule has 30 heavy (non-hydrogen) atoms. The molecule has 1 aromatic carbocycles. The number of amides is 3. The number of nitrogens with zero attached hydrogens (tertiary/aromatic N) is 3. The molecule has 0 atom stereocenters. The normalized spacial score (nSPS) is 10.4. The quantitative estimate of drug-likeness (QED) is 0.201. The number of carbonyl (C=O) groups is 2. The van der Waals surface area contributed by atoms with Crippen molar-refractivity contribution in [1.82, 2.24) is 15.5 Å². The highest BCUT2D eigenvalue weighted by atomic mass is 35.5. The van der Waals surface area contributed by atoms with Crippen LogP contribution in [0.3, 0.4) is 0 Å². The lowest BCUT2D eigenvalue weighted by atomic mass is 10.1. The van der Waals surface area contributed by atoms with Gasteiger partial charge in [0.1, 0.15) is 16.7 Å². The second-order valence-electron chi connectivity index (χ2n) is 6.21. The summed E-state index contributed by atoms with van der Waals surface area (Å²) in [7, 11) is 0. The minimum Gasteiger partial charge on any atom is -0.272 e. The average molecular weight is 467 g/mol. The van der Waals surface area contributed by atoms with Crippen molar-refractivity contribution in [3.05, 3.63) is 56.3 Å². The van der Waals surface area contributed by atoms with E-state index in [0.717, 1.165) is 11.8 Å². The van der Waals surface area contributed by atoms with Crippen LogP contribution in [0.4, 0.5) is 10.5 Å². The van der Waals surface area contributed by atoms with Gasteiger partial charge < -0.3 is 0 Å². The maximum Gasteiger partial charge on any atom is 0.343 e. The first-order chi connectivity index (χ1) is 14.0. The fraction of sp³-hybridized carbons (Fsp3) is 0.167. The number of imide groups is 1. The highest BCUT2D eigenvalue weighted by Crippen LogP contribution is 2.40. The van der Waals surface area contributed by atoms with E-state index in [0.29, 0.717) is 20.5 Å². The lowest BCUT2D eigenvalue weighted by Gasteiger charge is -2.18. The van der Waals surface area contributed by atoms with Gasteiger partial charge in [-0.05, 0) is 24.1 Å². The van der Waals surface area contributed by atoms with E-state index in [9.17, 15) is 14.4 Å². The van der Waals surface area contributed by atoms with Crippen LogP contribution in [0.25, 0.3) is 0 Å². The van der Waals surface area contributed by atoms with Crippen molar-refractivity contribution in [3.63, 3.8) is 0 Å². The Morgan fingerprint density at radius 2 is 1.93 bits per heavy atom. The molecule has 9 nitrogen and oxygen atoms in total. The van der Waals surface area contributed by atoms with Crippen molar-refractivity contribution in [1.29, 1.82) is 5.26 Å². The molecule has 2 aromatic rings. The number of nitrogens with two attached hydrogens (primary N) is 1. The van der Waals surface area contributed by atoms with E-state index in [2.05, 4.69) is 16.8 Å². The van der Waals surface area contributed by atoms with E-state index >= 15 is 0 Å². The van der Waals surface area contributed by atoms with Crippen LogP contribution in [0.2, 0.25) is 10.0 Å². The highest BCUT2D eigenvalue weighted by molar-refractivity contribution is 7.99. The van der Waals surface area contributed by atoms with Crippen LogP contribution in [0.1, 0.15) is 25.3 Å². The molecule has 0 spiro atoms. The molecule has 1 heterocycles. The summed E-state index contributed by atoms with van der Waals surface area (Å²) in [6.07, 6.45) is 0. The first-order valence-corrected chi connectivity index (χ1v) is 9.88. The summed E-state index contributed by atoms with van der Waals surface area (Å²) >= 11 is 13.7. The number of aromatic amines is 1.